The van der Waals surface area contributed by atoms with Gasteiger partial charge in [0.05, 0.1) is 18.5 Å². The highest BCUT2D eigenvalue weighted by atomic mass is 16.5. The maximum Gasteiger partial charge on any atom is 0.322 e. The van der Waals surface area contributed by atoms with Gasteiger partial charge in [-0.15, -0.1) is 0 Å². The van der Waals surface area contributed by atoms with Crippen LogP contribution in [0.2, 0.25) is 0 Å². The Balaban J connectivity index is 1.57. The molecule has 0 aliphatic carbocycles. The van der Waals surface area contributed by atoms with Crippen LogP contribution in [0.4, 0.5) is 16.3 Å². The van der Waals surface area contributed by atoms with E-state index >= 15 is 0 Å². The average molecular weight is 554 g/mol. The summed E-state index contributed by atoms with van der Waals surface area (Å²) >= 11 is 0. The predicted octanol–water partition coefficient (Wildman–Crippen LogP) is 7.29. The van der Waals surface area contributed by atoms with Crippen molar-refractivity contribution >= 4 is 23.4 Å². The van der Waals surface area contributed by atoms with Crippen molar-refractivity contribution in [3.8, 4) is 22.7 Å². The summed E-state index contributed by atoms with van der Waals surface area (Å²) in [6, 6.07) is 24.8. The summed E-state index contributed by atoms with van der Waals surface area (Å²) < 4.78 is 6.98. The molecule has 0 saturated heterocycles. The Morgan fingerprint density at radius 3 is 2.07 bits per heavy atom. The molecule has 0 unspecified atom stereocenters. The third-order valence-electron chi connectivity index (χ3n) is 6.97. The number of para-hydroxylation sites is 1. The molecule has 0 atom stereocenters. The quantitative estimate of drug-likeness (QED) is 0.216. The lowest BCUT2D eigenvalue weighted by Gasteiger charge is -2.25. The number of amides is 3. The normalized spacial score (nSPS) is 11.0. The number of nitrogens with zero attached hydrogens (tertiary/aromatic N) is 3. The molecule has 214 valence electrons. The predicted molar refractivity (Wildman–Crippen MR) is 165 cm³/mol. The molecular weight excluding hydrogens is 514 g/mol. The van der Waals surface area contributed by atoms with Crippen molar-refractivity contribution < 1.29 is 14.3 Å². The van der Waals surface area contributed by atoms with Gasteiger partial charge in [-0.25, -0.2) is 9.48 Å². The lowest BCUT2D eigenvalue weighted by Crippen LogP contribution is -2.41. The van der Waals surface area contributed by atoms with Crippen LogP contribution >= 0.6 is 0 Å². The fraction of sp³-hybridized carbons (Fsp3) is 0.303. The summed E-state index contributed by atoms with van der Waals surface area (Å²) in [5, 5.41) is 10.9. The minimum absolute atomic E-state index is 0.113. The third kappa shape index (κ3) is 6.95. The van der Waals surface area contributed by atoms with Crippen molar-refractivity contribution in [2.45, 2.75) is 46.5 Å². The van der Waals surface area contributed by atoms with Crippen LogP contribution in [0.1, 0.15) is 57.6 Å². The fourth-order valence-electron chi connectivity index (χ4n) is 4.70. The number of ether oxygens (including phenoxy) is 1. The Labute approximate surface area is 242 Å². The van der Waals surface area contributed by atoms with Gasteiger partial charge in [-0.05, 0) is 54.2 Å². The first kappa shape index (κ1) is 29.4. The molecule has 4 aromatic rings. The van der Waals surface area contributed by atoms with Crippen molar-refractivity contribution in [3.63, 3.8) is 0 Å². The summed E-state index contributed by atoms with van der Waals surface area (Å²) in [5.74, 6) is 1.37. The highest BCUT2D eigenvalue weighted by Gasteiger charge is 2.22. The molecule has 3 aromatic carbocycles. The molecule has 3 amide bonds. The molecule has 8 heteroatoms. The van der Waals surface area contributed by atoms with Crippen LogP contribution in [0, 0.1) is 0 Å². The zero-order valence-corrected chi connectivity index (χ0v) is 24.6. The maximum atomic E-state index is 13.4. The van der Waals surface area contributed by atoms with E-state index in [-0.39, 0.29) is 30.3 Å². The SMILES string of the molecule is CCN(CC(=O)Nc1cc(-c2ccccc2)nn1-c1ccc(OC)cc1)C(=O)Nc1c(C(C)C)cccc1C(C)C. The van der Waals surface area contributed by atoms with Crippen molar-refractivity contribution in [2.24, 2.45) is 0 Å². The molecule has 8 nitrogen and oxygen atoms in total. The van der Waals surface area contributed by atoms with E-state index in [1.54, 1.807) is 11.8 Å². The molecule has 0 aliphatic heterocycles. The minimum atomic E-state index is -0.322. The highest BCUT2D eigenvalue weighted by molar-refractivity contribution is 5.97. The van der Waals surface area contributed by atoms with E-state index in [2.05, 4.69) is 38.3 Å². The maximum absolute atomic E-state index is 13.4. The Kier molecular flexibility index (Phi) is 9.45. The number of hydrogen-bond acceptors (Lipinski definition) is 4. The van der Waals surface area contributed by atoms with Crippen molar-refractivity contribution in [1.29, 1.82) is 0 Å². The first-order valence-corrected chi connectivity index (χ1v) is 14.0. The van der Waals surface area contributed by atoms with E-state index in [1.807, 2.05) is 85.8 Å². The van der Waals surface area contributed by atoms with Crippen molar-refractivity contribution in [1.82, 2.24) is 14.7 Å². The summed E-state index contributed by atoms with van der Waals surface area (Å²) in [7, 11) is 1.61. The second-order valence-corrected chi connectivity index (χ2v) is 10.5. The van der Waals surface area contributed by atoms with Crippen LogP contribution in [0.3, 0.4) is 0 Å². The number of anilines is 2. The standard InChI is InChI=1S/C33H39N5O3/c1-7-37(33(40)35-32-27(22(2)3)14-11-15-28(32)23(4)5)21-31(39)34-30-20-29(24-12-9-8-10-13-24)36-38(30)25-16-18-26(41-6)19-17-25/h8-20,22-23H,7,21H2,1-6H3,(H,34,39)(H,35,40). The molecule has 0 saturated carbocycles. The van der Waals surface area contributed by atoms with Crippen molar-refractivity contribution in [2.75, 3.05) is 30.8 Å². The van der Waals surface area contributed by atoms with E-state index in [4.69, 9.17) is 9.84 Å². The lowest BCUT2D eigenvalue weighted by molar-refractivity contribution is -0.116. The average Bonchev–Trinajstić information content (AvgIpc) is 3.39. The molecule has 1 heterocycles. The Bertz CT molecular complexity index is 1450. The van der Waals surface area contributed by atoms with Crippen LogP contribution in [-0.4, -0.2) is 46.8 Å². The van der Waals surface area contributed by atoms with Crippen LogP contribution in [-0.2, 0) is 4.79 Å². The molecule has 0 radical (unpaired) electrons. The van der Waals surface area contributed by atoms with E-state index < -0.39 is 0 Å². The van der Waals surface area contributed by atoms with Gasteiger partial charge in [0.2, 0.25) is 5.91 Å². The molecule has 4 rings (SSSR count). The number of carbonyl (C=O) groups is 2. The first-order chi connectivity index (χ1) is 19.7. The van der Waals surface area contributed by atoms with E-state index in [0.717, 1.165) is 33.8 Å². The van der Waals surface area contributed by atoms with Gasteiger partial charge >= 0.3 is 6.03 Å². The monoisotopic (exact) mass is 553 g/mol. The largest absolute Gasteiger partial charge is 0.497 e. The molecule has 0 aliphatic rings. The zero-order valence-electron chi connectivity index (χ0n) is 24.6. The second kappa shape index (κ2) is 13.2. The van der Waals surface area contributed by atoms with Crippen LogP contribution in [0.15, 0.2) is 78.9 Å². The number of rotatable bonds is 10. The van der Waals surface area contributed by atoms with Gasteiger partial charge in [-0.1, -0.05) is 76.2 Å². The number of hydrogen-bond donors (Lipinski definition) is 2. The topological polar surface area (TPSA) is 88.5 Å². The van der Waals surface area contributed by atoms with Gasteiger partial charge in [-0.3, -0.25) is 4.79 Å². The van der Waals surface area contributed by atoms with Crippen LogP contribution in [0.25, 0.3) is 16.9 Å². The molecule has 41 heavy (non-hydrogen) atoms. The summed E-state index contributed by atoms with van der Waals surface area (Å²) in [6.45, 7) is 10.5. The number of likely N-dealkylation sites (N-methyl/N-ethyl adjacent to an activating group) is 1. The van der Waals surface area contributed by atoms with E-state index in [1.165, 1.54) is 4.90 Å². The first-order valence-electron chi connectivity index (χ1n) is 14.0. The lowest BCUT2D eigenvalue weighted by atomic mass is 9.93. The third-order valence-corrected chi connectivity index (χ3v) is 6.97. The number of methoxy groups -OCH3 is 1. The Hall–Kier alpha value is -4.59. The fourth-order valence-corrected chi connectivity index (χ4v) is 4.70. The number of benzene rings is 3. The highest BCUT2D eigenvalue weighted by Crippen LogP contribution is 2.32. The number of aromatic nitrogens is 2. The molecule has 0 spiro atoms. The minimum Gasteiger partial charge on any atom is -0.497 e. The van der Waals surface area contributed by atoms with E-state index in [9.17, 15) is 9.59 Å². The summed E-state index contributed by atoms with van der Waals surface area (Å²) in [6.07, 6.45) is 0. The Morgan fingerprint density at radius 2 is 1.51 bits per heavy atom. The van der Waals surface area contributed by atoms with Gasteiger partial charge in [0.1, 0.15) is 18.1 Å². The van der Waals surface area contributed by atoms with E-state index in [0.29, 0.717) is 18.1 Å². The molecule has 2 N–H and O–H groups in total. The van der Waals surface area contributed by atoms with Gasteiger partial charge in [0.25, 0.3) is 0 Å². The van der Waals surface area contributed by atoms with Gasteiger partial charge in [0.15, 0.2) is 0 Å². The molecule has 0 bridgehead atoms. The molecular formula is C33H39N5O3. The van der Waals surface area contributed by atoms with Gasteiger partial charge < -0.3 is 20.3 Å². The van der Waals surface area contributed by atoms with Crippen molar-refractivity contribution in [3.05, 3.63) is 90.0 Å². The number of urea groups is 1. The molecule has 0 fully saturated rings. The zero-order chi connectivity index (χ0) is 29.5. The number of carbonyl (C=O) groups excluding carboxylic acids is 2. The van der Waals surface area contributed by atoms with Gasteiger partial charge in [-0.2, -0.15) is 5.10 Å². The van der Waals surface area contributed by atoms with Gasteiger partial charge in [0, 0.05) is 23.9 Å². The summed E-state index contributed by atoms with van der Waals surface area (Å²) in [4.78, 5) is 28.3. The smallest absolute Gasteiger partial charge is 0.322 e. The molecule has 1 aromatic heterocycles. The van der Waals surface area contributed by atoms with Crippen LogP contribution < -0.4 is 15.4 Å². The number of nitrogens with one attached hydrogen (secondary N) is 2. The summed E-state index contributed by atoms with van der Waals surface area (Å²) in [5.41, 5.74) is 5.37. The second-order valence-electron chi connectivity index (χ2n) is 10.5. The Morgan fingerprint density at radius 1 is 0.878 bits per heavy atom. The van der Waals surface area contributed by atoms with Crippen LogP contribution in [0.5, 0.6) is 5.75 Å².